The minimum absolute atomic E-state index is 0.830. The summed E-state index contributed by atoms with van der Waals surface area (Å²) >= 11 is 0. The van der Waals surface area contributed by atoms with Crippen LogP contribution in [0.4, 0.5) is 0 Å². The minimum atomic E-state index is 0.830. The van der Waals surface area contributed by atoms with Gasteiger partial charge in [-0.1, -0.05) is 60.7 Å². The molecule has 0 spiro atoms. The first-order chi connectivity index (χ1) is 10.9. The fourth-order valence-corrected chi connectivity index (χ4v) is 6.15. The molecule has 3 saturated carbocycles. The average molecular weight is 288 g/mol. The molecule has 0 heterocycles. The highest BCUT2D eigenvalue weighted by atomic mass is 14.6. The van der Waals surface area contributed by atoms with Gasteiger partial charge in [0.2, 0.25) is 0 Å². The average Bonchev–Trinajstić information content (AvgIpc) is 3.28. The lowest BCUT2D eigenvalue weighted by molar-refractivity contribution is 0.232. The molecule has 3 fully saturated rings. The monoisotopic (exact) mass is 288 g/mol. The maximum Gasteiger partial charge on any atom is -0.0128 e. The van der Waals surface area contributed by atoms with E-state index in [0.29, 0.717) is 0 Å². The van der Waals surface area contributed by atoms with Crippen molar-refractivity contribution in [3.05, 3.63) is 71.8 Å². The molecule has 2 aromatic carbocycles. The first-order valence-electron chi connectivity index (χ1n) is 9.00. The van der Waals surface area contributed by atoms with E-state index in [9.17, 15) is 0 Å². The van der Waals surface area contributed by atoms with Crippen LogP contribution < -0.4 is 0 Å². The van der Waals surface area contributed by atoms with E-state index in [-0.39, 0.29) is 0 Å². The van der Waals surface area contributed by atoms with E-state index in [1.54, 1.807) is 11.1 Å². The van der Waals surface area contributed by atoms with Gasteiger partial charge in [-0.2, -0.15) is 0 Å². The Kier molecular flexibility index (Phi) is 2.93. The SMILES string of the molecule is c1ccc(C2CC3C4CC(c5ccccc5)C(C4)C3C2)cc1. The third-order valence-corrected chi connectivity index (χ3v) is 6.97. The molecular formula is C22H24. The van der Waals surface area contributed by atoms with Crippen LogP contribution in [0, 0.1) is 23.7 Å². The summed E-state index contributed by atoms with van der Waals surface area (Å²) in [5.41, 5.74) is 3.20. The van der Waals surface area contributed by atoms with E-state index in [2.05, 4.69) is 60.7 Å². The molecule has 2 bridgehead atoms. The predicted molar refractivity (Wildman–Crippen MR) is 90.8 cm³/mol. The zero-order chi connectivity index (χ0) is 14.5. The quantitative estimate of drug-likeness (QED) is 0.672. The number of hydrogen-bond donors (Lipinski definition) is 0. The molecule has 22 heavy (non-hydrogen) atoms. The number of benzene rings is 2. The van der Waals surface area contributed by atoms with Crippen LogP contribution in [0.2, 0.25) is 0 Å². The Morgan fingerprint density at radius 2 is 1.18 bits per heavy atom. The smallest absolute Gasteiger partial charge is 0.0128 e. The molecule has 0 heteroatoms. The standard InChI is InChI=1S/C22H24/c1-3-7-15(8-4-1)17-11-20-18-13-19(16-9-5-2-6-10-16)22(14-18)21(20)12-17/h1-10,17-22H,11-14H2. The lowest BCUT2D eigenvalue weighted by atomic mass is 9.73. The van der Waals surface area contributed by atoms with Crippen LogP contribution in [0.1, 0.15) is 48.6 Å². The Hall–Kier alpha value is -1.56. The summed E-state index contributed by atoms with van der Waals surface area (Å²) in [6, 6.07) is 22.6. The highest BCUT2D eigenvalue weighted by Crippen LogP contribution is 2.65. The summed E-state index contributed by atoms with van der Waals surface area (Å²) in [5.74, 6) is 5.67. The van der Waals surface area contributed by atoms with Gasteiger partial charge in [0.1, 0.15) is 0 Å². The van der Waals surface area contributed by atoms with E-state index in [0.717, 1.165) is 35.5 Å². The first-order valence-corrected chi connectivity index (χ1v) is 9.00. The molecule has 6 unspecified atom stereocenters. The number of fused-ring (bicyclic) bond motifs is 5. The highest BCUT2D eigenvalue weighted by molar-refractivity contribution is 5.27. The Labute approximate surface area is 133 Å². The van der Waals surface area contributed by atoms with E-state index < -0.39 is 0 Å². The van der Waals surface area contributed by atoms with Gasteiger partial charge in [0, 0.05) is 0 Å². The second-order valence-electron chi connectivity index (χ2n) is 7.82. The third-order valence-electron chi connectivity index (χ3n) is 6.97. The van der Waals surface area contributed by atoms with Gasteiger partial charge in [-0.3, -0.25) is 0 Å². The summed E-state index contributed by atoms with van der Waals surface area (Å²) < 4.78 is 0. The fraction of sp³-hybridized carbons (Fsp3) is 0.455. The van der Waals surface area contributed by atoms with Gasteiger partial charge in [0.15, 0.2) is 0 Å². The number of rotatable bonds is 2. The van der Waals surface area contributed by atoms with Crippen molar-refractivity contribution in [2.24, 2.45) is 23.7 Å². The Balaban J connectivity index is 1.39. The van der Waals surface area contributed by atoms with Gasteiger partial charge in [-0.25, -0.2) is 0 Å². The van der Waals surface area contributed by atoms with Crippen molar-refractivity contribution in [3.8, 4) is 0 Å². The molecule has 2 aromatic rings. The summed E-state index contributed by atoms with van der Waals surface area (Å²) in [7, 11) is 0. The second kappa shape index (κ2) is 4.98. The Bertz CT molecular complexity index is 644. The largest absolute Gasteiger partial charge is 0.0622 e. The Morgan fingerprint density at radius 3 is 1.91 bits per heavy atom. The van der Waals surface area contributed by atoms with Crippen molar-refractivity contribution in [1.82, 2.24) is 0 Å². The van der Waals surface area contributed by atoms with E-state index in [1.165, 1.54) is 25.7 Å². The van der Waals surface area contributed by atoms with E-state index in [1.807, 2.05) is 0 Å². The van der Waals surface area contributed by atoms with Crippen molar-refractivity contribution in [2.45, 2.75) is 37.5 Å². The van der Waals surface area contributed by atoms with Crippen molar-refractivity contribution in [2.75, 3.05) is 0 Å². The van der Waals surface area contributed by atoms with Crippen LogP contribution in [-0.4, -0.2) is 0 Å². The van der Waals surface area contributed by atoms with Crippen molar-refractivity contribution in [3.63, 3.8) is 0 Å². The van der Waals surface area contributed by atoms with Crippen LogP contribution in [0.25, 0.3) is 0 Å². The maximum atomic E-state index is 2.37. The first kappa shape index (κ1) is 12.9. The molecule has 0 aromatic heterocycles. The molecule has 0 nitrogen and oxygen atoms in total. The lowest BCUT2D eigenvalue weighted by Gasteiger charge is -2.31. The van der Waals surface area contributed by atoms with Crippen LogP contribution in [0.3, 0.4) is 0 Å². The topological polar surface area (TPSA) is 0 Å². The predicted octanol–water partition coefficient (Wildman–Crippen LogP) is 5.62. The lowest BCUT2D eigenvalue weighted by Crippen LogP contribution is -2.22. The molecule has 3 aliphatic rings. The highest BCUT2D eigenvalue weighted by Gasteiger charge is 2.55. The maximum absolute atomic E-state index is 2.37. The van der Waals surface area contributed by atoms with Crippen LogP contribution in [-0.2, 0) is 0 Å². The molecular weight excluding hydrogens is 264 g/mol. The van der Waals surface area contributed by atoms with Gasteiger partial charge in [0.05, 0.1) is 0 Å². The molecule has 6 atom stereocenters. The van der Waals surface area contributed by atoms with Gasteiger partial charge in [-0.05, 0) is 72.3 Å². The van der Waals surface area contributed by atoms with E-state index in [4.69, 9.17) is 0 Å². The summed E-state index contributed by atoms with van der Waals surface area (Å²) in [6.45, 7) is 0. The molecule has 112 valence electrons. The molecule has 0 saturated heterocycles. The molecule has 0 radical (unpaired) electrons. The summed E-state index contributed by atoms with van der Waals surface area (Å²) in [6.07, 6.45) is 5.87. The van der Waals surface area contributed by atoms with Gasteiger partial charge in [0.25, 0.3) is 0 Å². The van der Waals surface area contributed by atoms with Crippen LogP contribution in [0.15, 0.2) is 60.7 Å². The molecule has 5 rings (SSSR count). The van der Waals surface area contributed by atoms with Crippen LogP contribution in [0.5, 0.6) is 0 Å². The van der Waals surface area contributed by atoms with Gasteiger partial charge in [-0.15, -0.1) is 0 Å². The van der Waals surface area contributed by atoms with Crippen molar-refractivity contribution in [1.29, 1.82) is 0 Å². The van der Waals surface area contributed by atoms with Gasteiger partial charge < -0.3 is 0 Å². The Morgan fingerprint density at radius 1 is 0.545 bits per heavy atom. The summed E-state index contributed by atoms with van der Waals surface area (Å²) in [4.78, 5) is 0. The molecule has 0 aliphatic heterocycles. The zero-order valence-corrected chi connectivity index (χ0v) is 13.1. The van der Waals surface area contributed by atoms with Crippen molar-refractivity contribution >= 4 is 0 Å². The summed E-state index contributed by atoms with van der Waals surface area (Å²) in [5, 5.41) is 0. The molecule has 3 aliphatic carbocycles. The molecule has 0 N–H and O–H groups in total. The van der Waals surface area contributed by atoms with Gasteiger partial charge >= 0.3 is 0 Å². The number of hydrogen-bond acceptors (Lipinski definition) is 0. The fourth-order valence-electron chi connectivity index (χ4n) is 6.15. The minimum Gasteiger partial charge on any atom is -0.0622 e. The van der Waals surface area contributed by atoms with E-state index >= 15 is 0 Å². The van der Waals surface area contributed by atoms with Crippen molar-refractivity contribution < 1.29 is 0 Å². The van der Waals surface area contributed by atoms with Crippen LogP contribution >= 0.6 is 0 Å². The second-order valence-corrected chi connectivity index (χ2v) is 7.82. The third kappa shape index (κ3) is 1.89. The normalized spacial score (nSPS) is 39.1. The molecule has 0 amide bonds. The zero-order valence-electron chi connectivity index (χ0n) is 13.1.